The average molecular weight is 310 g/mol. The van der Waals surface area contributed by atoms with Crippen molar-refractivity contribution in [2.75, 3.05) is 5.32 Å². The van der Waals surface area contributed by atoms with Gasteiger partial charge in [-0.1, -0.05) is 29.3 Å². The molecule has 4 nitrogen and oxygen atoms in total. The van der Waals surface area contributed by atoms with Gasteiger partial charge in [0.15, 0.2) is 0 Å². The molecule has 2 N–H and O–H groups in total. The Morgan fingerprint density at radius 3 is 2.40 bits per heavy atom. The van der Waals surface area contributed by atoms with Crippen molar-refractivity contribution in [3.63, 3.8) is 0 Å². The molecule has 0 bridgehead atoms. The molecule has 0 saturated heterocycles. The zero-order valence-electron chi connectivity index (χ0n) is 10.1. The van der Waals surface area contributed by atoms with Gasteiger partial charge in [-0.3, -0.25) is 4.79 Å². The van der Waals surface area contributed by atoms with E-state index in [2.05, 4.69) is 5.32 Å². The van der Waals surface area contributed by atoms with Crippen LogP contribution in [0.3, 0.4) is 0 Å². The maximum Gasteiger partial charge on any atom is 0.337 e. The minimum Gasteiger partial charge on any atom is -0.478 e. The Hall–Kier alpha value is -2.04. The van der Waals surface area contributed by atoms with Crippen LogP contribution in [0.4, 0.5) is 5.69 Å². The smallest absolute Gasteiger partial charge is 0.337 e. The average Bonchev–Trinajstić information content (AvgIpc) is 2.38. The lowest BCUT2D eigenvalue weighted by atomic mass is 10.2. The first-order valence-electron chi connectivity index (χ1n) is 5.57. The van der Waals surface area contributed by atoms with Crippen molar-refractivity contribution in [1.82, 2.24) is 0 Å². The van der Waals surface area contributed by atoms with E-state index in [9.17, 15) is 9.59 Å². The quantitative estimate of drug-likeness (QED) is 0.902. The van der Waals surface area contributed by atoms with Crippen LogP contribution in [0, 0.1) is 0 Å². The lowest BCUT2D eigenvalue weighted by molar-refractivity contribution is 0.0697. The number of rotatable bonds is 3. The van der Waals surface area contributed by atoms with Gasteiger partial charge in [-0.05, 0) is 36.4 Å². The van der Waals surface area contributed by atoms with E-state index in [0.29, 0.717) is 16.3 Å². The summed E-state index contributed by atoms with van der Waals surface area (Å²) in [6.45, 7) is 0. The molecule has 0 aromatic heterocycles. The molecule has 0 heterocycles. The minimum atomic E-state index is -1.12. The van der Waals surface area contributed by atoms with Crippen molar-refractivity contribution in [3.05, 3.63) is 63.6 Å². The third kappa shape index (κ3) is 3.29. The summed E-state index contributed by atoms with van der Waals surface area (Å²) in [5.41, 5.74) is 0.785. The molecule has 2 aromatic carbocycles. The predicted octanol–water partition coefficient (Wildman–Crippen LogP) is 3.94. The number of nitrogens with one attached hydrogen (secondary N) is 1. The fraction of sp³-hybridized carbons (Fsp3) is 0. The lowest BCUT2D eigenvalue weighted by Crippen LogP contribution is -2.12. The normalized spacial score (nSPS) is 10.1. The first-order valence-corrected chi connectivity index (χ1v) is 6.33. The number of halogens is 2. The van der Waals surface area contributed by atoms with Crippen LogP contribution in [0.25, 0.3) is 0 Å². The second-order valence-electron chi connectivity index (χ2n) is 3.96. The summed E-state index contributed by atoms with van der Waals surface area (Å²) in [7, 11) is 0. The Labute approximate surface area is 124 Å². The Kier molecular flexibility index (Phi) is 4.27. The highest BCUT2D eigenvalue weighted by molar-refractivity contribution is 6.34. The van der Waals surface area contributed by atoms with Crippen LogP contribution in [-0.4, -0.2) is 17.0 Å². The highest BCUT2D eigenvalue weighted by Gasteiger charge is 2.11. The van der Waals surface area contributed by atoms with Crippen LogP contribution in [0.2, 0.25) is 10.0 Å². The Bertz CT molecular complexity index is 686. The third-order valence-corrected chi connectivity index (χ3v) is 3.09. The molecule has 0 aliphatic rings. The zero-order valence-corrected chi connectivity index (χ0v) is 11.6. The molecule has 2 rings (SSSR count). The molecule has 0 radical (unpaired) electrons. The SMILES string of the molecule is O=C(Nc1ccc(C(=O)O)c(Cl)c1)c1cccc(Cl)c1. The van der Waals surface area contributed by atoms with Gasteiger partial charge in [-0.25, -0.2) is 4.79 Å². The number of hydrogen-bond donors (Lipinski definition) is 2. The molecule has 0 unspecified atom stereocenters. The predicted molar refractivity (Wildman–Crippen MR) is 77.8 cm³/mol. The van der Waals surface area contributed by atoms with Gasteiger partial charge < -0.3 is 10.4 Å². The zero-order chi connectivity index (χ0) is 14.7. The van der Waals surface area contributed by atoms with Crippen molar-refractivity contribution in [2.24, 2.45) is 0 Å². The molecule has 0 spiro atoms. The monoisotopic (exact) mass is 309 g/mol. The lowest BCUT2D eigenvalue weighted by Gasteiger charge is -2.07. The van der Waals surface area contributed by atoms with Crippen LogP contribution in [0.1, 0.15) is 20.7 Å². The van der Waals surface area contributed by atoms with Gasteiger partial charge in [0.2, 0.25) is 0 Å². The molecule has 0 atom stereocenters. The number of carboxylic acids is 1. The van der Waals surface area contributed by atoms with E-state index in [1.807, 2.05) is 0 Å². The van der Waals surface area contributed by atoms with E-state index < -0.39 is 5.97 Å². The third-order valence-electron chi connectivity index (χ3n) is 2.54. The molecule has 20 heavy (non-hydrogen) atoms. The number of hydrogen-bond acceptors (Lipinski definition) is 2. The van der Waals surface area contributed by atoms with Crippen molar-refractivity contribution in [2.45, 2.75) is 0 Å². The van der Waals surface area contributed by atoms with E-state index in [0.717, 1.165) is 0 Å². The summed E-state index contributed by atoms with van der Waals surface area (Å²) in [6.07, 6.45) is 0. The van der Waals surface area contributed by atoms with Gasteiger partial charge in [-0.15, -0.1) is 0 Å². The molecule has 0 fully saturated rings. The fourth-order valence-electron chi connectivity index (χ4n) is 1.60. The van der Waals surface area contributed by atoms with E-state index in [1.54, 1.807) is 18.2 Å². The number of carboxylic acid groups (broad SMARTS) is 1. The summed E-state index contributed by atoms with van der Waals surface area (Å²) < 4.78 is 0. The minimum absolute atomic E-state index is 0.0209. The van der Waals surface area contributed by atoms with E-state index in [-0.39, 0.29) is 16.5 Å². The Morgan fingerprint density at radius 2 is 1.80 bits per heavy atom. The molecule has 102 valence electrons. The number of aromatic carboxylic acids is 1. The topological polar surface area (TPSA) is 66.4 Å². The number of carbonyl (C=O) groups excluding carboxylic acids is 1. The van der Waals surface area contributed by atoms with Crippen LogP contribution < -0.4 is 5.32 Å². The van der Waals surface area contributed by atoms with Crippen molar-refractivity contribution < 1.29 is 14.7 Å². The van der Waals surface area contributed by atoms with Gasteiger partial charge in [-0.2, -0.15) is 0 Å². The highest BCUT2D eigenvalue weighted by Crippen LogP contribution is 2.21. The van der Waals surface area contributed by atoms with Crippen LogP contribution in [0.15, 0.2) is 42.5 Å². The number of benzene rings is 2. The molecule has 2 aromatic rings. The summed E-state index contributed by atoms with van der Waals surface area (Å²) in [5.74, 6) is -1.48. The van der Waals surface area contributed by atoms with E-state index in [1.165, 1.54) is 24.3 Å². The van der Waals surface area contributed by atoms with Gasteiger partial charge in [0.1, 0.15) is 0 Å². The largest absolute Gasteiger partial charge is 0.478 e. The molecular formula is C14H9Cl2NO3. The van der Waals surface area contributed by atoms with Gasteiger partial charge >= 0.3 is 5.97 Å². The molecule has 0 aliphatic heterocycles. The number of amides is 1. The van der Waals surface area contributed by atoms with Crippen LogP contribution >= 0.6 is 23.2 Å². The van der Waals surface area contributed by atoms with Gasteiger partial charge in [0.05, 0.1) is 10.6 Å². The van der Waals surface area contributed by atoms with Crippen LogP contribution in [-0.2, 0) is 0 Å². The summed E-state index contributed by atoms with van der Waals surface area (Å²) in [5, 5.41) is 12.0. The molecular weight excluding hydrogens is 301 g/mol. The van der Waals surface area contributed by atoms with Crippen molar-refractivity contribution in [1.29, 1.82) is 0 Å². The highest BCUT2D eigenvalue weighted by atomic mass is 35.5. The Balaban J connectivity index is 2.20. The van der Waals surface area contributed by atoms with E-state index in [4.69, 9.17) is 28.3 Å². The van der Waals surface area contributed by atoms with Crippen molar-refractivity contribution >= 4 is 40.8 Å². The standard InChI is InChI=1S/C14H9Cl2NO3/c15-9-3-1-2-8(6-9)13(18)17-10-4-5-11(14(19)20)12(16)7-10/h1-7H,(H,17,18)(H,19,20). The second-order valence-corrected chi connectivity index (χ2v) is 4.81. The summed E-state index contributed by atoms with van der Waals surface area (Å²) in [4.78, 5) is 22.8. The number of carbonyl (C=O) groups is 2. The second kappa shape index (κ2) is 5.94. The first-order chi connectivity index (χ1) is 9.47. The first kappa shape index (κ1) is 14.4. The molecule has 0 aliphatic carbocycles. The van der Waals surface area contributed by atoms with Crippen molar-refractivity contribution in [3.8, 4) is 0 Å². The summed E-state index contributed by atoms with van der Waals surface area (Å²) >= 11 is 11.6. The Morgan fingerprint density at radius 1 is 1.05 bits per heavy atom. The maximum atomic E-state index is 12.0. The number of anilines is 1. The van der Waals surface area contributed by atoms with Crippen LogP contribution in [0.5, 0.6) is 0 Å². The molecule has 6 heteroatoms. The van der Waals surface area contributed by atoms with Gasteiger partial charge in [0, 0.05) is 16.3 Å². The van der Waals surface area contributed by atoms with E-state index >= 15 is 0 Å². The molecule has 1 amide bonds. The summed E-state index contributed by atoms with van der Waals surface area (Å²) in [6, 6.07) is 10.7. The molecule has 0 saturated carbocycles. The fourth-order valence-corrected chi connectivity index (χ4v) is 2.05. The maximum absolute atomic E-state index is 12.0. The van der Waals surface area contributed by atoms with Gasteiger partial charge in [0.25, 0.3) is 5.91 Å².